The van der Waals surface area contributed by atoms with E-state index in [1.54, 1.807) is 39.9 Å². The first-order chi connectivity index (χ1) is 52.5. The third-order valence-electron chi connectivity index (χ3n) is 17.2. The van der Waals surface area contributed by atoms with Gasteiger partial charge in [0.2, 0.25) is 0 Å². The molecule has 0 aromatic heterocycles. The first-order valence-corrected chi connectivity index (χ1v) is 40.8. The number of phenolic OH excluding ortho intramolecular Hbond substituents is 3. The smallest absolute Gasteiger partial charge is 0.507 e. The van der Waals surface area contributed by atoms with E-state index in [1.165, 1.54) is 18.2 Å². The standard InChI is InChI=1S/2C25H33N2O9P.C24H31N2O9P/c1-18-9-5-2-3-8-12-34-25(30)24-19(15-21(16-22(24)28)36-37(31,32)33)14-20(13-18)26-35-17-23(29)27-10-6-4-7-11-27;1-18-10-6-3-2-4-7-11-20(26-34-17-23(29)27-12-8-5-9-13-27)14-19-15-21(36-37(31,32)33)16-22(28)24(19)25(30)35-18;27-21-16-20(35-36(30,31)32)15-18-14-19(25-34-17-22(28)26-11-7-5-8-12-26)10-6-3-1-2-4-9-13-33-24(29)23(18)21/h2-3,13,15-16,28H,4-12,14,17H2,1H3,(H2,31,32,33);3,6-7,11,15-16,18,28H,2,4-5,8-10,12-14,17H2,1H3,(H2,31,32,33);2,4,6,10,15-16,27H,1,3,5,7-9,11-14,17H2,(H2,30,31,32)/b3-2+,18-13+,26-20+;6-3+,11-7+,26-20+;4-2+,10-6+,25-19+/t;18-;/m.1./s1. The molecule has 0 radical (unpaired) electrons. The Labute approximate surface area is 636 Å². The number of phosphoric acid groups is 3. The maximum atomic E-state index is 12.9. The average Bonchev–Trinajstić information content (AvgIpc) is 0.814. The molecule has 3 aromatic rings. The minimum Gasteiger partial charge on any atom is -0.507 e. The molecule has 1 atom stereocenters. The number of phosphoric ester groups is 3. The molecule has 6 aliphatic heterocycles. The molecule has 0 unspecified atom stereocenters. The van der Waals surface area contributed by atoms with E-state index < -0.39 is 64.7 Å². The summed E-state index contributed by atoms with van der Waals surface area (Å²) in [4.78, 5) is 152. The van der Waals surface area contributed by atoms with Crippen molar-refractivity contribution in [3.63, 3.8) is 0 Å². The van der Waals surface area contributed by atoms with Gasteiger partial charge in [0.25, 0.3) is 17.7 Å². The van der Waals surface area contributed by atoms with Crippen LogP contribution in [0, 0.1) is 0 Å². The number of oxime groups is 3. The van der Waals surface area contributed by atoms with Crippen LogP contribution < -0.4 is 13.6 Å². The summed E-state index contributed by atoms with van der Waals surface area (Å²) in [6.07, 6.45) is 34.6. The number of carbonyl (C=O) groups is 6. The second-order valence-corrected chi connectivity index (χ2v) is 29.8. The lowest BCUT2D eigenvalue weighted by atomic mass is 9.98. The number of ether oxygens (including phenoxy) is 3. The number of aromatic hydroxyl groups is 3. The van der Waals surface area contributed by atoms with Crippen molar-refractivity contribution in [2.75, 3.05) is 72.3 Å². The van der Waals surface area contributed by atoms with Crippen molar-refractivity contribution in [3.8, 4) is 34.5 Å². The number of piperidine rings is 3. The van der Waals surface area contributed by atoms with E-state index in [1.807, 2.05) is 55.5 Å². The van der Waals surface area contributed by atoms with Crippen LogP contribution in [0.2, 0.25) is 0 Å². The molecule has 3 aromatic carbocycles. The Bertz CT molecular complexity index is 4110. The van der Waals surface area contributed by atoms with Gasteiger partial charge in [0.1, 0.15) is 57.3 Å². The molecule has 0 aliphatic carbocycles. The molecule has 6 heterocycles. The molecule has 9 N–H and O–H groups in total. The number of phenols is 3. The Hall–Kier alpha value is -9.42. The van der Waals surface area contributed by atoms with E-state index in [2.05, 4.69) is 29.0 Å². The van der Waals surface area contributed by atoms with Gasteiger partial charge < -0.3 is 72.3 Å². The van der Waals surface area contributed by atoms with E-state index in [0.717, 1.165) is 107 Å². The molecular formula is C74H97N6O27P3. The molecule has 0 saturated carbocycles. The summed E-state index contributed by atoms with van der Waals surface area (Å²) in [5, 5.41) is 44.0. The molecule has 33 nitrogen and oxygen atoms in total. The van der Waals surface area contributed by atoms with Crippen LogP contribution in [0.3, 0.4) is 0 Å². The zero-order valence-electron chi connectivity index (χ0n) is 61.4. The van der Waals surface area contributed by atoms with Crippen molar-refractivity contribution >= 4 is 76.2 Å². The highest BCUT2D eigenvalue weighted by atomic mass is 31.2. The first-order valence-electron chi connectivity index (χ1n) is 36.2. The minimum absolute atomic E-state index is 0.0680. The largest absolute Gasteiger partial charge is 0.524 e. The van der Waals surface area contributed by atoms with Gasteiger partial charge in [-0.05, 0) is 176 Å². The molecule has 36 heteroatoms. The maximum Gasteiger partial charge on any atom is 0.524 e. The number of carbonyl (C=O) groups excluding carboxylic acids is 6. The Morgan fingerprint density at radius 3 is 1.15 bits per heavy atom. The zero-order chi connectivity index (χ0) is 79.6. The number of allylic oxidation sites excluding steroid dienone is 9. The SMILES string of the molecule is C/C1=C\C(=N/OCC(=O)N2CCCCC2)Cc2cc(OP(=O)(O)O)cc(O)c2C(=O)OCC/C=C/CC1.C[C@@H]1C/C=C/CC/C=C/C(=N\OCC(=O)N2CCCCC2)Cc2cc(OP(=O)(O)O)cc(O)c2C(=O)O1.O=C1OCC/C=C/CC/C=C/C(=N\OCC(=O)N2CCCCC2)Cc2cc(OP(=O)(O)O)cc(O)c21. The van der Waals surface area contributed by atoms with Crippen LogP contribution in [0.5, 0.6) is 34.5 Å². The summed E-state index contributed by atoms with van der Waals surface area (Å²) >= 11 is 0. The first kappa shape index (κ1) is 87.8. The molecule has 3 fully saturated rings. The van der Waals surface area contributed by atoms with Gasteiger partial charge in [0, 0.05) is 83.2 Å². The van der Waals surface area contributed by atoms with Crippen LogP contribution in [0.4, 0.5) is 0 Å². The van der Waals surface area contributed by atoms with E-state index in [-0.39, 0.29) is 121 Å². The Balaban J connectivity index is 0.000000229. The van der Waals surface area contributed by atoms with Crippen molar-refractivity contribution < 1.29 is 129 Å². The van der Waals surface area contributed by atoms with Crippen LogP contribution in [0.25, 0.3) is 0 Å². The zero-order valence-corrected chi connectivity index (χ0v) is 64.1. The number of cyclic esters (lactones) is 3. The molecule has 6 aliphatic rings. The molecule has 3 amide bonds. The summed E-state index contributed by atoms with van der Waals surface area (Å²) in [6, 6.07) is 6.50. The lowest BCUT2D eigenvalue weighted by molar-refractivity contribution is -0.137. The number of likely N-dealkylation sites (tertiary alicyclic amines) is 3. The van der Waals surface area contributed by atoms with Crippen LogP contribution in [0.15, 0.2) is 124 Å². The number of fused-ring (bicyclic) bond motifs is 3. The van der Waals surface area contributed by atoms with Gasteiger partial charge in [-0.1, -0.05) is 69.6 Å². The van der Waals surface area contributed by atoms with E-state index >= 15 is 0 Å². The third-order valence-corrected chi connectivity index (χ3v) is 18.6. The van der Waals surface area contributed by atoms with Crippen LogP contribution in [0.1, 0.15) is 177 Å². The highest BCUT2D eigenvalue weighted by molar-refractivity contribution is 7.47. The second kappa shape index (κ2) is 44.4. The number of rotatable bonds is 15. The van der Waals surface area contributed by atoms with E-state index in [9.17, 15) is 87.1 Å². The highest BCUT2D eigenvalue weighted by Crippen LogP contribution is 2.44. The quantitative estimate of drug-likeness (QED) is 0.0224. The number of esters is 3. The van der Waals surface area contributed by atoms with Gasteiger partial charge in [0.15, 0.2) is 19.8 Å². The van der Waals surface area contributed by atoms with Crippen molar-refractivity contribution in [2.24, 2.45) is 15.5 Å². The van der Waals surface area contributed by atoms with Gasteiger partial charge in [-0.25, -0.2) is 28.1 Å². The lowest BCUT2D eigenvalue weighted by Gasteiger charge is -2.26. The molecule has 9 rings (SSSR count). The van der Waals surface area contributed by atoms with Crippen molar-refractivity contribution in [3.05, 3.63) is 142 Å². The van der Waals surface area contributed by atoms with Gasteiger partial charge in [0.05, 0.1) is 30.3 Å². The third kappa shape index (κ3) is 31.9. The van der Waals surface area contributed by atoms with Crippen molar-refractivity contribution in [2.45, 2.75) is 155 Å². The predicted octanol–water partition coefficient (Wildman–Crippen LogP) is 10.5. The van der Waals surface area contributed by atoms with Crippen LogP contribution in [-0.4, -0.2) is 191 Å². The second-order valence-electron chi connectivity index (χ2n) is 26.3. The predicted molar refractivity (Wildman–Crippen MR) is 401 cm³/mol. The summed E-state index contributed by atoms with van der Waals surface area (Å²) in [6.45, 7) is 7.16. The normalized spacial score (nSPS) is 21.4. The van der Waals surface area contributed by atoms with Gasteiger partial charge in [-0.15, -0.1) is 0 Å². The Morgan fingerprint density at radius 2 is 0.773 bits per heavy atom. The van der Waals surface area contributed by atoms with E-state index in [4.69, 9.17) is 28.7 Å². The van der Waals surface area contributed by atoms with Gasteiger partial charge >= 0.3 is 41.4 Å². The number of benzene rings is 3. The van der Waals surface area contributed by atoms with Crippen molar-refractivity contribution in [1.82, 2.24) is 14.7 Å². The monoisotopic (exact) mass is 1590 g/mol. The molecule has 0 spiro atoms. The summed E-state index contributed by atoms with van der Waals surface area (Å²) in [7, 11) is -14.8. The fourth-order valence-electron chi connectivity index (χ4n) is 12.1. The fourth-order valence-corrected chi connectivity index (χ4v) is 13.2. The van der Waals surface area contributed by atoms with Crippen LogP contribution >= 0.6 is 23.5 Å². The Kier molecular flexibility index (Phi) is 35.5. The average molecular weight is 1600 g/mol. The maximum absolute atomic E-state index is 12.9. The van der Waals surface area contributed by atoms with Crippen molar-refractivity contribution in [1.29, 1.82) is 0 Å². The number of amides is 3. The molecule has 110 heavy (non-hydrogen) atoms. The minimum atomic E-state index is -4.93. The molecule has 0 bridgehead atoms. The van der Waals surface area contributed by atoms with E-state index in [0.29, 0.717) is 88.5 Å². The van der Waals surface area contributed by atoms with Crippen LogP contribution in [-0.2, 0) is 76.1 Å². The summed E-state index contributed by atoms with van der Waals surface area (Å²) < 4.78 is 64.0. The van der Waals surface area contributed by atoms with Gasteiger partial charge in [-0.3, -0.25) is 43.7 Å². The molecular weight excluding hydrogens is 1500 g/mol. The fraction of sp³-hybridized carbons (Fsp3) is 0.473. The number of hydrogen-bond acceptors (Lipinski definition) is 24. The van der Waals surface area contributed by atoms with Gasteiger partial charge in [-0.2, -0.15) is 0 Å². The Morgan fingerprint density at radius 1 is 0.445 bits per heavy atom. The number of nitrogens with zero attached hydrogens (tertiary/aromatic N) is 6. The topological polar surface area (TPSA) is 466 Å². The summed E-state index contributed by atoms with van der Waals surface area (Å²) in [5.41, 5.74) is 1.88. The lowest BCUT2D eigenvalue weighted by Crippen LogP contribution is -2.37. The molecule has 3 saturated heterocycles. The highest BCUT2D eigenvalue weighted by Gasteiger charge is 2.30. The summed E-state index contributed by atoms with van der Waals surface area (Å²) in [5.74, 6) is -5.62. The number of hydrogen-bond donors (Lipinski definition) is 9. The molecule has 600 valence electrons.